The van der Waals surface area contributed by atoms with Crippen molar-refractivity contribution in [3.63, 3.8) is 0 Å². The summed E-state index contributed by atoms with van der Waals surface area (Å²) in [5, 5.41) is 13.3. The van der Waals surface area contributed by atoms with Gasteiger partial charge < -0.3 is 15.0 Å². The van der Waals surface area contributed by atoms with Gasteiger partial charge in [0.2, 0.25) is 10.0 Å². The van der Waals surface area contributed by atoms with Gasteiger partial charge in [-0.3, -0.25) is 4.79 Å². The largest absolute Gasteiger partial charge is 0.389 e. The van der Waals surface area contributed by atoms with Crippen LogP contribution in [0.25, 0.3) is 11.3 Å². The number of nitrogens with zero attached hydrogens (tertiary/aromatic N) is 1. The van der Waals surface area contributed by atoms with E-state index in [0.29, 0.717) is 27.6 Å². The lowest BCUT2D eigenvalue weighted by Crippen LogP contribution is -2.40. The standard InChI is InChI=1S/C28H42ClN3O4S/c1-18-24(37(35,36)31-27(3,4)5)14-13-21(25(18)29)23-15-22(26(33)30-17-28(6,7)34)19(2)32(23)16-20-11-9-8-10-12-20/h13-15,20,31,34H,8-12,16-17H2,1-7H3,(H,30,33). The zero-order valence-corrected chi connectivity index (χ0v) is 24.7. The predicted octanol–water partition coefficient (Wildman–Crippen LogP) is 5.58. The Labute approximate surface area is 227 Å². The highest BCUT2D eigenvalue weighted by molar-refractivity contribution is 7.89. The van der Waals surface area contributed by atoms with Gasteiger partial charge in [0.1, 0.15) is 0 Å². The molecule has 0 unspecified atom stereocenters. The number of sulfonamides is 1. The molecule has 1 aromatic heterocycles. The van der Waals surface area contributed by atoms with E-state index in [-0.39, 0.29) is 17.3 Å². The Kier molecular flexibility index (Phi) is 8.89. The van der Waals surface area contributed by atoms with Crippen molar-refractivity contribution in [2.75, 3.05) is 6.54 Å². The van der Waals surface area contributed by atoms with Crippen LogP contribution in [0.15, 0.2) is 23.1 Å². The third kappa shape index (κ3) is 7.37. The smallest absolute Gasteiger partial charge is 0.253 e. The van der Waals surface area contributed by atoms with Crippen LogP contribution in [0.5, 0.6) is 0 Å². The summed E-state index contributed by atoms with van der Waals surface area (Å²) >= 11 is 6.85. The maximum absolute atomic E-state index is 13.1. The van der Waals surface area contributed by atoms with Crippen molar-refractivity contribution in [2.45, 2.75) is 103 Å². The van der Waals surface area contributed by atoms with E-state index in [1.165, 1.54) is 19.3 Å². The average molecular weight is 552 g/mol. The van der Waals surface area contributed by atoms with Crippen molar-refractivity contribution in [1.82, 2.24) is 14.6 Å². The Balaban J connectivity index is 2.09. The maximum Gasteiger partial charge on any atom is 0.253 e. The molecule has 37 heavy (non-hydrogen) atoms. The van der Waals surface area contributed by atoms with Crippen molar-refractivity contribution in [3.8, 4) is 11.3 Å². The molecule has 1 aliphatic rings. The number of carbonyl (C=O) groups excluding carboxylic acids is 1. The van der Waals surface area contributed by atoms with Gasteiger partial charge in [-0.15, -0.1) is 0 Å². The fourth-order valence-electron chi connectivity index (χ4n) is 4.97. The van der Waals surface area contributed by atoms with Crippen LogP contribution < -0.4 is 10.0 Å². The number of aromatic nitrogens is 1. The van der Waals surface area contributed by atoms with Crippen molar-refractivity contribution in [1.29, 1.82) is 0 Å². The molecule has 3 N–H and O–H groups in total. The van der Waals surface area contributed by atoms with Crippen LogP contribution in [-0.2, 0) is 16.6 Å². The van der Waals surface area contributed by atoms with Crippen LogP contribution in [0, 0.1) is 19.8 Å². The molecule has 0 bridgehead atoms. The fourth-order valence-corrected chi connectivity index (χ4v) is 6.95. The van der Waals surface area contributed by atoms with Crippen LogP contribution in [0.2, 0.25) is 5.02 Å². The Bertz CT molecular complexity index is 1250. The average Bonchev–Trinajstić information content (AvgIpc) is 3.08. The quantitative estimate of drug-likeness (QED) is 0.398. The lowest BCUT2D eigenvalue weighted by molar-refractivity contribution is 0.0694. The highest BCUT2D eigenvalue weighted by Crippen LogP contribution is 2.38. The number of rotatable bonds is 8. The van der Waals surface area contributed by atoms with Gasteiger partial charge in [0, 0.05) is 29.9 Å². The van der Waals surface area contributed by atoms with Gasteiger partial charge in [0.25, 0.3) is 5.91 Å². The van der Waals surface area contributed by atoms with E-state index in [9.17, 15) is 18.3 Å². The van der Waals surface area contributed by atoms with Gasteiger partial charge in [-0.05, 0) is 84.9 Å². The summed E-state index contributed by atoms with van der Waals surface area (Å²) in [7, 11) is -3.77. The normalized spacial score (nSPS) is 15.7. The molecule has 1 fully saturated rings. The summed E-state index contributed by atoms with van der Waals surface area (Å²) in [5.74, 6) is 0.242. The Morgan fingerprint density at radius 3 is 2.30 bits per heavy atom. The van der Waals surface area contributed by atoms with E-state index in [1.807, 2.05) is 13.0 Å². The van der Waals surface area contributed by atoms with E-state index >= 15 is 0 Å². The summed E-state index contributed by atoms with van der Waals surface area (Å²) in [6.07, 6.45) is 5.93. The molecule has 1 amide bonds. The molecule has 3 rings (SSSR count). The highest BCUT2D eigenvalue weighted by atomic mass is 35.5. The molecule has 0 saturated heterocycles. The van der Waals surface area contributed by atoms with Gasteiger partial charge >= 0.3 is 0 Å². The number of benzene rings is 1. The van der Waals surface area contributed by atoms with Crippen LogP contribution in [0.1, 0.15) is 88.3 Å². The first kappa shape index (κ1) is 29.7. The van der Waals surface area contributed by atoms with E-state index in [1.54, 1.807) is 53.7 Å². The van der Waals surface area contributed by atoms with Gasteiger partial charge in [0.05, 0.1) is 26.8 Å². The number of amides is 1. The lowest BCUT2D eigenvalue weighted by atomic mass is 9.89. The second-order valence-electron chi connectivity index (χ2n) is 12.0. The molecule has 0 radical (unpaired) electrons. The minimum absolute atomic E-state index is 0.127. The van der Waals surface area contributed by atoms with E-state index < -0.39 is 21.2 Å². The van der Waals surface area contributed by atoms with Gasteiger partial charge in [-0.2, -0.15) is 0 Å². The zero-order chi connectivity index (χ0) is 27.8. The lowest BCUT2D eigenvalue weighted by Gasteiger charge is -2.25. The van der Waals surface area contributed by atoms with Crippen LogP contribution in [0.3, 0.4) is 0 Å². The van der Waals surface area contributed by atoms with Crippen LogP contribution in [0.4, 0.5) is 0 Å². The monoisotopic (exact) mass is 551 g/mol. The van der Waals surface area contributed by atoms with Gasteiger partial charge in [-0.1, -0.05) is 36.9 Å². The number of hydrogen-bond acceptors (Lipinski definition) is 4. The molecular formula is C28H42ClN3O4S. The summed E-state index contributed by atoms with van der Waals surface area (Å²) in [5.41, 5.74) is 1.63. The third-order valence-corrected chi connectivity index (χ3v) is 9.19. The van der Waals surface area contributed by atoms with Crippen molar-refractivity contribution in [2.24, 2.45) is 5.92 Å². The molecule has 1 aliphatic carbocycles. The second kappa shape index (κ2) is 11.1. The molecule has 2 aromatic rings. The van der Waals surface area contributed by atoms with Crippen LogP contribution >= 0.6 is 11.6 Å². The molecule has 9 heteroatoms. The number of hydrogen-bond donors (Lipinski definition) is 3. The van der Waals surface area contributed by atoms with E-state index in [2.05, 4.69) is 14.6 Å². The van der Waals surface area contributed by atoms with Gasteiger partial charge in [-0.25, -0.2) is 13.1 Å². The summed E-state index contributed by atoms with van der Waals surface area (Å²) < 4.78 is 30.9. The summed E-state index contributed by atoms with van der Waals surface area (Å²) in [6, 6.07) is 5.16. The van der Waals surface area contributed by atoms with E-state index in [0.717, 1.165) is 30.8 Å². The fraction of sp³-hybridized carbons (Fsp3) is 0.607. The number of nitrogens with one attached hydrogen (secondary N) is 2. The van der Waals surface area contributed by atoms with Crippen molar-refractivity contribution in [3.05, 3.63) is 40.0 Å². The Hall–Kier alpha value is -1.87. The molecule has 206 valence electrons. The Morgan fingerprint density at radius 2 is 1.73 bits per heavy atom. The summed E-state index contributed by atoms with van der Waals surface area (Å²) in [6.45, 7) is 13.2. The first-order chi connectivity index (χ1) is 17.0. The van der Waals surface area contributed by atoms with E-state index in [4.69, 9.17) is 11.6 Å². The van der Waals surface area contributed by atoms with Crippen molar-refractivity contribution >= 4 is 27.5 Å². The first-order valence-corrected chi connectivity index (χ1v) is 14.9. The number of aliphatic hydroxyl groups is 1. The molecule has 0 aliphatic heterocycles. The summed E-state index contributed by atoms with van der Waals surface area (Å²) in [4.78, 5) is 13.3. The zero-order valence-electron chi connectivity index (χ0n) is 23.2. The minimum atomic E-state index is -3.77. The molecular weight excluding hydrogens is 510 g/mol. The SMILES string of the molecule is Cc1c(S(=O)(=O)NC(C)(C)C)ccc(-c2cc(C(=O)NCC(C)(C)O)c(C)n2CC2CCCCC2)c1Cl. The molecule has 0 spiro atoms. The molecule has 1 heterocycles. The van der Waals surface area contributed by atoms with Gasteiger partial charge in [0.15, 0.2) is 0 Å². The molecule has 7 nitrogen and oxygen atoms in total. The molecule has 1 aromatic carbocycles. The first-order valence-electron chi connectivity index (χ1n) is 13.0. The maximum atomic E-state index is 13.1. The number of carbonyl (C=O) groups is 1. The third-order valence-electron chi connectivity index (χ3n) is 6.80. The highest BCUT2D eigenvalue weighted by Gasteiger charge is 2.28. The number of halogens is 1. The molecule has 0 atom stereocenters. The van der Waals surface area contributed by atoms with Crippen LogP contribution in [-0.4, -0.2) is 41.7 Å². The Morgan fingerprint density at radius 1 is 1.11 bits per heavy atom. The molecule has 1 saturated carbocycles. The second-order valence-corrected chi connectivity index (χ2v) is 14.1. The minimum Gasteiger partial charge on any atom is -0.389 e. The topological polar surface area (TPSA) is 100 Å². The predicted molar refractivity (Wildman–Crippen MR) is 150 cm³/mol. The van der Waals surface area contributed by atoms with Crippen molar-refractivity contribution < 1.29 is 18.3 Å².